The second-order valence-corrected chi connectivity index (χ2v) is 9.22. The van der Waals surface area contributed by atoms with E-state index in [0.717, 1.165) is 28.6 Å². The zero-order chi connectivity index (χ0) is 28.1. The van der Waals surface area contributed by atoms with Gasteiger partial charge in [0.25, 0.3) is 5.91 Å². The van der Waals surface area contributed by atoms with Crippen LogP contribution in [0, 0.1) is 0 Å². The van der Waals surface area contributed by atoms with Gasteiger partial charge in [-0.1, -0.05) is 40.2 Å². The molecule has 0 unspecified atom stereocenters. The normalized spacial score (nSPS) is 11.2. The first-order chi connectivity index (χ1) is 18.8. The Morgan fingerprint density at radius 2 is 1.67 bits per heavy atom. The predicted octanol–water partition coefficient (Wildman–Crippen LogP) is 4.26. The highest BCUT2D eigenvalue weighted by atomic mass is 79.9. The highest BCUT2D eigenvalue weighted by molar-refractivity contribution is 9.09. The molecule has 0 saturated heterocycles. The van der Waals surface area contributed by atoms with Crippen molar-refractivity contribution in [1.29, 1.82) is 0 Å². The summed E-state index contributed by atoms with van der Waals surface area (Å²) in [5.41, 5.74) is 7.56. The lowest BCUT2D eigenvalue weighted by atomic mass is 10.1. The van der Waals surface area contributed by atoms with Crippen molar-refractivity contribution in [2.75, 3.05) is 37.0 Å². The molecule has 0 spiro atoms. The maximum atomic E-state index is 12.7. The number of rotatable bonds is 15. The number of nitrogens with zero attached hydrogens (tertiary/aromatic N) is 3. The van der Waals surface area contributed by atoms with Crippen LogP contribution in [0.1, 0.15) is 40.2 Å². The Morgan fingerprint density at radius 3 is 2.33 bits per heavy atom. The summed E-state index contributed by atoms with van der Waals surface area (Å²) in [6, 6.07) is 13.7. The van der Waals surface area contributed by atoms with Gasteiger partial charge in [0.05, 0.1) is 6.61 Å². The Balaban J connectivity index is 1.68. The number of carbonyl (C=O) groups excluding carboxylic acids is 1. The number of hydrogen-bond acceptors (Lipinski definition) is 8. The molecule has 0 aliphatic heterocycles. The molecule has 13 heteroatoms. The Kier molecular flexibility index (Phi) is 11.7. The number of nitrogens with two attached hydrogens (primary N) is 1. The first-order valence-electron chi connectivity index (χ1n) is 12.3. The summed E-state index contributed by atoms with van der Waals surface area (Å²) >= 11 is 3.36. The third kappa shape index (κ3) is 11.1. The summed E-state index contributed by atoms with van der Waals surface area (Å²) in [7, 11) is 0. The molecule has 1 amide bonds. The molecule has 39 heavy (non-hydrogen) atoms. The topological polar surface area (TPSA) is 124 Å². The van der Waals surface area contributed by atoms with Gasteiger partial charge >= 0.3 is 12.2 Å². The molecule has 3 aromatic rings. The van der Waals surface area contributed by atoms with E-state index in [-0.39, 0.29) is 24.1 Å². The molecule has 2 aromatic carbocycles. The van der Waals surface area contributed by atoms with Crippen LogP contribution in [0.5, 0.6) is 11.8 Å². The van der Waals surface area contributed by atoms with Crippen molar-refractivity contribution in [2.24, 2.45) is 5.73 Å². The minimum Gasteiger partial charge on any atom is -0.494 e. The number of benzene rings is 2. The van der Waals surface area contributed by atoms with Crippen molar-refractivity contribution in [2.45, 2.75) is 32.0 Å². The summed E-state index contributed by atoms with van der Waals surface area (Å²) < 4.78 is 48.6. The fraction of sp³-hybridized carbons (Fsp3) is 0.385. The SMILES string of the molecule is NCCCNC(=O)c1ccc(Cc2nc(NCc3ccc(OCCCBr)cc3)nc(OCC(F)(F)F)n2)cc1. The average Bonchev–Trinajstić information content (AvgIpc) is 2.92. The smallest absolute Gasteiger partial charge is 0.422 e. The molecular formula is C26H30BrF3N6O3. The van der Waals surface area contributed by atoms with Crippen LogP contribution >= 0.6 is 15.9 Å². The third-order valence-corrected chi connectivity index (χ3v) is 5.75. The number of anilines is 1. The van der Waals surface area contributed by atoms with Crippen molar-refractivity contribution in [3.05, 3.63) is 71.0 Å². The van der Waals surface area contributed by atoms with Crippen molar-refractivity contribution >= 4 is 27.8 Å². The monoisotopic (exact) mass is 610 g/mol. The Morgan fingerprint density at radius 1 is 0.949 bits per heavy atom. The summed E-state index contributed by atoms with van der Waals surface area (Å²) in [5.74, 6) is 0.804. The van der Waals surface area contributed by atoms with Crippen LogP contribution in [0.2, 0.25) is 0 Å². The largest absolute Gasteiger partial charge is 0.494 e. The van der Waals surface area contributed by atoms with Crippen molar-refractivity contribution in [3.8, 4) is 11.8 Å². The molecule has 0 saturated carbocycles. The van der Waals surface area contributed by atoms with Gasteiger partial charge in [-0.05, 0) is 54.8 Å². The van der Waals surface area contributed by atoms with Crippen LogP contribution in [0.25, 0.3) is 0 Å². The standard InChI is InChI=1S/C26H30BrF3N6O3/c27-11-1-14-38-21-9-5-19(6-10-21)16-33-24-34-22(35-25(36-24)39-17-26(28,29)30)15-18-3-7-20(8-4-18)23(37)32-13-2-12-31/h3-10H,1-2,11-17,31H2,(H,32,37)(H,33,34,35,36). The maximum absolute atomic E-state index is 12.7. The van der Waals surface area contributed by atoms with Crippen molar-refractivity contribution in [1.82, 2.24) is 20.3 Å². The molecule has 0 atom stereocenters. The molecule has 0 aliphatic rings. The number of halogens is 4. The van der Waals surface area contributed by atoms with Gasteiger partial charge in [0.15, 0.2) is 6.61 Å². The van der Waals surface area contributed by atoms with E-state index in [1.165, 1.54) is 0 Å². The van der Waals surface area contributed by atoms with Gasteiger partial charge < -0.3 is 25.8 Å². The molecule has 0 bridgehead atoms. The van der Waals surface area contributed by atoms with Gasteiger partial charge in [-0.3, -0.25) is 4.79 Å². The average molecular weight is 611 g/mol. The highest BCUT2D eigenvalue weighted by Gasteiger charge is 2.29. The van der Waals surface area contributed by atoms with Crippen LogP contribution in [-0.4, -0.2) is 58.7 Å². The van der Waals surface area contributed by atoms with E-state index in [1.807, 2.05) is 24.3 Å². The molecule has 3 rings (SSSR count). The Labute approximate surface area is 232 Å². The molecule has 1 aromatic heterocycles. The number of amides is 1. The zero-order valence-corrected chi connectivity index (χ0v) is 22.7. The minimum atomic E-state index is -4.54. The zero-order valence-electron chi connectivity index (χ0n) is 21.1. The predicted molar refractivity (Wildman–Crippen MR) is 144 cm³/mol. The number of carbonyl (C=O) groups is 1. The molecular weight excluding hydrogens is 581 g/mol. The first kappa shape index (κ1) is 30.1. The summed E-state index contributed by atoms with van der Waals surface area (Å²) in [6.45, 7) is 0.351. The second kappa shape index (κ2) is 15.2. The lowest BCUT2D eigenvalue weighted by molar-refractivity contribution is -0.154. The van der Waals surface area contributed by atoms with Crippen molar-refractivity contribution < 1.29 is 27.4 Å². The lowest BCUT2D eigenvalue weighted by Gasteiger charge is -2.12. The summed E-state index contributed by atoms with van der Waals surface area (Å²) in [4.78, 5) is 24.6. The summed E-state index contributed by atoms with van der Waals surface area (Å²) in [5, 5.41) is 6.64. The quantitative estimate of drug-likeness (QED) is 0.172. The molecule has 1 heterocycles. The van der Waals surface area contributed by atoms with E-state index in [4.69, 9.17) is 15.2 Å². The maximum Gasteiger partial charge on any atom is 0.422 e. The number of ether oxygens (including phenoxy) is 2. The Bertz CT molecular complexity index is 1180. The first-order valence-corrected chi connectivity index (χ1v) is 13.4. The molecule has 210 valence electrons. The van der Waals surface area contributed by atoms with Crippen LogP contribution in [-0.2, 0) is 13.0 Å². The van der Waals surface area contributed by atoms with E-state index in [2.05, 4.69) is 41.5 Å². The van der Waals surface area contributed by atoms with Gasteiger partial charge in [-0.15, -0.1) is 0 Å². The number of alkyl halides is 4. The fourth-order valence-electron chi connectivity index (χ4n) is 3.26. The lowest BCUT2D eigenvalue weighted by Crippen LogP contribution is -2.25. The molecule has 0 fully saturated rings. The van der Waals surface area contributed by atoms with Gasteiger partial charge in [0.2, 0.25) is 5.95 Å². The van der Waals surface area contributed by atoms with Gasteiger partial charge in [-0.25, -0.2) is 0 Å². The molecule has 4 N–H and O–H groups in total. The number of nitrogens with one attached hydrogen (secondary N) is 2. The Hall–Kier alpha value is -3.45. The van der Waals surface area contributed by atoms with Gasteiger partial charge in [0, 0.05) is 30.4 Å². The van der Waals surface area contributed by atoms with Gasteiger partial charge in [0.1, 0.15) is 11.6 Å². The van der Waals surface area contributed by atoms with E-state index < -0.39 is 18.8 Å². The number of hydrogen-bond donors (Lipinski definition) is 3. The van der Waals surface area contributed by atoms with E-state index >= 15 is 0 Å². The molecule has 0 radical (unpaired) electrons. The highest BCUT2D eigenvalue weighted by Crippen LogP contribution is 2.19. The van der Waals surface area contributed by atoms with E-state index in [1.54, 1.807) is 24.3 Å². The van der Waals surface area contributed by atoms with E-state index in [9.17, 15) is 18.0 Å². The van der Waals surface area contributed by atoms with E-state index in [0.29, 0.717) is 38.2 Å². The van der Waals surface area contributed by atoms with Crippen LogP contribution in [0.3, 0.4) is 0 Å². The second-order valence-electron chi connectivity index (χ2n) is 8.42. The number of aromatic nitrogens is 3. The molecule has 9 nitrogen and oxygen atoms in total. The van der Waals surface area contributed by atoms with Crippen LogP contribution in [0.4, 0.5) is 19.1 Å². The molecule has 0 aliphatic carbocycles. The van der Waals surface area contributed by atoms with Crippen LogP contribution in [0.15, 0.2) is 48.5 Å². The van der Waals surface area contributed by atoms with Gasteiger partial charge in [-0.2, -0.15) is 28.1 Å². The minimum absolute atomic E-state index is 0.0747. The van der Waals surface area contributed by atoms with Crippen molar-refractivity contribution in [3.63, 3.8) is 0 Å². The van der Waals surface area contributed by atoms with Crippen LogP contribution < -0.4 is 25.8 Å². The fourth-order valence-corrected chi connectivity index (χ4v) is 3.49. The third-order valence-electron chi connectivity index (χ3n) is 5.19. The summed E-state index contributed by atoms with van der Waals surface area (Å²) in [6.07, 6.45) is -2.79.